The molecule has 0 bridgehead atoms. The Morgan fingerprint density at radius 1 is 1.41 bits per heavy atom. The van der Waals surface area contributed by atoms with Gasteiger partial charge in [-0.15, -0.1) is 11.3 Å². The summed E-state index contributed by atoms with van der Waals surface area (Å²) >= 11 is 1.51. The monoisotopic (exact) mass is 311 g/mol. The molecule has 0 fully saturated rings. The predicted octanol–water partition coefficient (Wildman–Crippen LogP) is 2.78. The van der Waals surface area contributed by atoms with Crippen molar-refractivity contribution in [1.82, 2.24) is 9.38 Å². The Hall–Kier alpha value is -2.47. The molecule has 0 radical (unpaired) electrons. The van der Waals surface area contributed by atoms with Crippen molar-refractivity contribution in [3.63, 3.8) is 0 Å². The Morgan fingerprint density at radius 3 is 3.05 bits per heavy atom. The average Bonchev–Trinajstić information content (AvgIpc) is 3.20. The van der Waals surface area contributed by atoms with Gasteiger partial charge in [-0.1, -0.05) is 6.07 Å². The number of imidazole rings is 1. The molecular formula is C16H13N3O2S. The molecule has 22 heavy (non-hydrogen) atoms. The Balaban J connectivity index is 1.85. The summed E-state index contributed by atoms with van der Waals surface area (Å²) in [6.07, 6.45) is 3.27. The lowest BCUT2D eigenvalue weighted by molar-refractivity contribution is -0.116. The van der Waals surface area contributed by atoms with Crippen LogP contribution in [0.2, 0.25) is 0 Å². The first-order chi connectivity index (χ1) is 10.7. The number of aromatic nitrogens is 2. The van der Waals surface area contributed by atoms with Gasteiger partial charge in [0.25, 0.3) is 0 Å². The third kappa shape index (κ3) is 1.80. The Morgan fingerprint density at radius 2 is 2.27 bits per heavy atom. The predicted molar refractivity (Wildman–Crippen MR) is 85.6 cm³/mol. The first kappa shape index (κ1) is 13.2. The maximum absolute atomic E-state index is 11.6. The molecule has 1 aliphatic rings. The van der Waals surface area contributed by atoms with E-state index in [1.807, 2.05) is 21.9 Å². The first-order valence-electron chi connectivity index (χ1n) is 7.00. The fraction of sp³-hybridized carbons (Fsp3) is 0.188. The van der Waals surface area contributed by atoms with Crippen LogP contribution in [0.5, 0.6) is 0 Å². The zero-order chi connectivity index (χ0) is 15.3. The Labute approximate surface area is 130 Å². The number of benzene rings is 1. The molecule has 0 unspecified atom stereocenters. The Bertz CT molecular complexity index is 909. The number of hydrogen-bond donors (Lipinski definition) is 0. The molecule has 1 aliphatic heterocycles. The number of thiazole rings is 1. The summed E-state index contributed by atoms with van der Waals surface area (Å²) in [4.78, 5) is 29.6. The molecule has 0 aliphatic carbocycles. The van der Waals surface area contributed by atoms with Crippen LogP contribution in [0.25, 0.3) is 16.2 Å². The van der Waals surface area contributed by atoms with Crippen molar-refractivity contribution in [3.05, 3.63) is 41.0 Å². The second-order valence-corrected chi connectivity index (χ2v) is 6.14. The van der Waals surface area contributed by atoms with Crippen LogP contribution in [0.1, 0.15) is 23.0 Å². The van der Waals surface area contributed by atoms with Crippen LogP contribution in [0.4, 0.5) is 5.69 Å². The van der Waals surface area contributed by atoms with Crippen LogP contribution in [-0.4, -0.2) is 28.1 Å². The highest BCUT2D eigenvalue weighted by molar-refractivity contribution is 7.15. The SMILES string of the molecule is CC(=O)N1CCc2cc(-c3csc4ncc(C=O)n34)ccc21. The van der Waals surface area contributed by atoms with Crippen LogP contribution in [0.15, 0.2) is 29.8 Å². The molecule has 0 atom stereocenters. The van der Waals surface area contributed by atoms with Crippen molar-refractivity contribution < 1.29 is 9.59 Å². The number of hydrogen-bond acceptors (Lipinski definition) is 4. The highest BCUT2D eigenvalue weighted by Crippen LogP contribution is 2.34. The van der Waals surface area contributed by atoms with Gasteiger partial charge in [0, 0.05) is 24.5 Å². The van der Waals surface area contributed by atoms with E-state index in [0.717, 1.165) is 41.2 Å². The molecule has 1 amide bonds. The molecule has 1 aromatic carbocycles. The van der Waals surface area contributed by atoms with E-state index < -0.39 is 0 Å². The summed E-state index contributed by atoms with van der Waals surface area (Å²) in [6.45, 7) is 2.32. The van der Waals surface area contributed by atoms with Crippen LogP contribution in [0, 0.1) is 0 Å². The van der Waals surface area contributed by atoms with Gasteiger partial charge in [0.2, 0.25) is 5.91 Å². The minimum Gasteiger partial charge on any atom is -0.312 e. The van der Waals surface area contributed by atoms with Gasteiger partial charge in [-0.05, 0) is 29.7 Å². The molecule has 2 aromatic heterocycles. The standard InChI is InChI=1S/C16H13N3O2S/c1-10(21)18-5-4-12-6-11(2-3-14(12)18)15-9-22-16-17-7-13(8-20)19(15)16/h2-3,6-9H,4-5H2,1H3. The number of amides is 1. The van der Waals surface area contributed by atoms with Gasteiger partial charge in [-0.3, -0.25) is 14.0 Å². The third-order valence-corrected chi connectivity index (χ3v) is 4.89. The Kier molecular flexibility index (Phi) is 2.87. The summed E-state index contributed by atoms with van der Waals surface area (Å²) in [5, 5.41) is 2.01. The molecular weight excluding hydrogens is 298 g/mol. The lowest BCUT2D eigenvalue weighted by atomic mass is 10.1. The lowest BCUT2D eigenvalue weighted by Crippen LogP contribution is -2.25. The van der Waals surface area contributed by atoms with Crippen molar-refractivity contribution in [2.75, 3.05) is 11.4 Å². The summed E-state index contributed by atoms with van der Waals surface area (Å²) in [5.41, 5.74) is 4.71. The van der Waals surface area contributed by atoms with Gasteiger partial charge in [-0.25, -0.2) is 4.98 Å². The zero-order valence-corrected chi connectivity index (χ0v) is 12.8. The number of anilines is 1. The van der Waals surface area contributed by atoms with Gasteiger partial charge in [0.15, 0.2) is 11.2 Å². The van der Waals surface area contributed by atoms with Crippen molar-refractivity contribution in [3.8, 4) is 11.3 Å². The summed E-state index contributed by atoms with van der Waals surface area (Å²) in [5.74, 6) is 0.0716. The van der Waals surface area contributed by atoms with E-state index in [9.17, 15) is 9.59 Å². The molecule has 6 heteroatoms. The van der Waals surface area contributed by atoms with Crippen molar-refractivity contribution in [2.45, 2.75) is 13.3 Å². The van der Waals surface area contributed by atoms with Crippen LogP contribution >= 0.6 is 11.3 Å². The molecule has 5 nitrogen and oxygen atoms in total. The number of carbonyl (C=O) groups excluding carboxylic acids is 2. The fourth-order valence-corrected chi connectivity index (χ4v) is 3.88. The number of fused-ring (bicyclic) bond motifs is 2. The van der Waals surface area contributed by atoms with Gasteiger partial charge in [0.1, 0.15) is 5.69 Å². The van der Waals surface area contributed by atoms with Gasteiger partial charge in [0.05, 0.1) is 11.9 Å². The number of nitrogens with zero attached hydrogens (tertiary/aromatic N) is 3. The van der Waals surface area contributed by atoms with E-state index in [0.29, 0.717) is 5.69 Å². The molecule has 4 rings (SSSR count). The van der Waals surface area contributed by atoms with Gasteiger partial charge in [-0.2, -0.15) is 0 Å². The second kappa shape index (κ2) is 4.78. The van der Waals surface area contributed by atoms with Crippen LogP contribution in [0.3, 0.4) is 0 Å². The maximum atomic E-state index is 11.6. The zero-order valence-electron chi connectivity index (χ0n) is 11.9. The molecule has 0 saturated carbocycles. The number of aldehydes is 1. The minimum atomic E-state index is 0.0716. The number of rotatable bonds is 2. The summed E-state index contributed by atoms with van der Waals surface area (Å²) < 4.78 is 1.87. The summed E-state index contributed by atoms with van der Waals surface area (Å²) in [7, 11) is 0. The van der Waals surface area contributed by atoms with E-state index in [1.165, 1.54) is 16.9 Å². The highest BCUT2D eigenvalue weighted by Gasteiger charge is 2.23. The van der Waals surface area contributed by atoms with Gasteiger partial charge >= 0.3 is 0 Å². The molecule has 0 spiro atoms. The minimum absolute atomic E-state index is 0.0716. The van der Waals surface area contributed by atoms with Crippen molar-refractivity contribution >= 4 is 34.2 Å². The van der Waals surface area contributed by atoms with E-state index in [1.54, 1.807) is 18.0 Å². The molecule has 0 saturated heterocycles. The smallest absolute Gasteiger partial charge is 0.223 e. The van der Waals surface area contributed by atoms with E-state index >= 15 is 0 Å². The highest BCUT2D eigenvalue weighted by atomic mass is 32.1. The topological polar surface area (TPSA) is 54.7 Å². The fourth-order valence-electron chi connectivity index (χ4n) is 3.00. The van der Waals surface area contributed by atoms with Crippen LogP contribution < -0.4 is 4.90 Å². The molecule has 3 aromatic rings. The molecule has 3 heterocycles. The maximum Gasteiger partial charge on any atom is 0.223 e. The largest absolute Gasteiger partial charge is 0.312 e. The van der Waals surface area contributed by atoms with E-state index in [-0.39, 0.29) is 5.91 Å². The second-order valence-electron chi connectivity index (χ2n) is 5.30. The van der Waals surface area contributed by atoms with Crippen molar-refractivity contribution in [1.29, 1.82) is 0 Å². The average molecular weight is 311 g/mol. The number of carbonyl (C=O) groups is 2. The van der Waals surface area contributed by atoms with Gasteiger partial charge < -0.3 is 4.90 Å². The summed E-state index contributed by atoms with van der Waals surface area (Å²) in [6, 6.07) is 6.09. The van der Waals surface area contributed by atoms with Crippen LogP contribution in [-0.2, 0) is 11.2 Å². The molecule has 110 valence electrons. The van der Waals surface area contributed by atoms with E-state index in [4.69, 9.17) is 0 Å². The first-order valence-corrected chi connectivity index (χ1v) is 7.88. The van der Waals surface area contributed by atoms with Crippen molar-refractivity contribution in [2.24, 2.45) is 0 Å². The lowest BCUT2D eigenvalue weighted by Gasteiger charge is -2.14. The third-order valence-electron chi connectivity index (χ3n) is 4.05. The quantitative estimate of drug-likeness (QED) is 0.684. The van der Waals surface area contributed by atoms with E-state index in [2.05, 4.69) is 11.1 Å². The molecule has 0 N–H and O–H groups in total. The normalized spacial score (nSPS) is 13.6.